The van der Waals surface area contributed by atoms with Gasteiger partial charge in [0.15, 0.2) is 17.1 Å². The van der Waals surface area contributed by atoms with Crippen LogP contribution in [0.15, 0.2) is 42.9 Å². The minimum Gasteiger partial charge on any atom is -0.493 e. The Morgan fingerprint density at radius 3 is 2.44 bits per heavy atom. The fraction of sp³-hybridized carbons (Fsp3) is 0.514. The van der Waals surface area contributed by atoms with Gasteiger partial charge in [-0.05, 0) is 81.0 Å². The normalized spacial score (nSPS) is 20.6. The van der Waals surface area contributed by atoms with E-state index in [0.717, 1.165) is 72.3 Å². The van der Waals surface area contributed by atoms with E-state index >= 15 is 0 Å². The summed E-state index contributed by atoms with van der Waals surface area (Å²) in [7, 11) is 5.10. The monoisotopic (exact) mass is 681 g/mol. The number of aryl methyl sites for hydroxylation is 1. The van der Waals surface area contributed by atoms with Gasteiger partial charge in [-0.25, -0.2) is 14.6 Å². The number of methoxy groups -OCH3 is 2. The summed E-state index contributed by atoms with van der Waals surface area (Å²) < 4.78 is 13.2. The minimum atomic E-state index is -0.478. The number of rotatable bonds is 9. The van der Waals surface area contributed by atoms with Crippen molar-refractivity contribution in [2.45, 2.75) is 57.5 Å². The third-order valence-electron chi connectivity index (χ3n) is 10.9. The number of hydrogen-bond acceptors (Lipinski definition) is 10. The number of aromatic nitrogens is 5. The molecule has 1 spiro atoms. The number of nitrogens with zero attached hydrogens (tertiary/aromatic N) is 8. The van der Waals surface area contributed by atoms with Gasteiger partial charge in [0.1, 0.15) is 12.1 Å². The molecule has 0 unspecified atom stereocenters. The van der Waals surface area contributed by atoms with E-state index in [2.05, 4.69) is 49.2 Å². The second-order valence-electron chi connectivity index (χ2n) is 13.5. The van der Waals surface area contributed by atoms with Crippen LogP contribution in [0.5, 0.6) is 11.5 Å². The zero-order valence-corrected chi connectivity index (χ0v) is 29.5. The third-order valence-corrected chi connectivity index (χ3v) is 10.9. The molecule has 2 aliphatic heterocycles. The molecule has 3 aromatic heterocycles. The maximum atomic E-state index is 14.0. The molecule has 1 aliphatic carbocycles. The number of amides is 2. The lowest BCUT2D eigenvalue weighted by Gasteiger charge is -2.52. The van der Waals surface area contributed by atoms with Crippen molar-refractivity contribution < 1.29 is 19.1 Å². The Kier molecular flexibility index (Phi) is 9.58. The number of pyridine rings is 1. The molecule has 1 saturated carbocycles. The highest BCUT2D eigenvalue weighted by molar-refractivity contribution is 5.87. The largest absolute Gasteiger partial charge is 0.493 e. The number of benzene rings is 1. The van der Waals surface area contributed by atoms with E-state index in [4.69, 9.17) is 14.5 Å². The van der Waals surface area contributed by atoms with Crippen LogP contribution in [0.1, 0.15) is 55.1 Å². The van der Waals surface area contributed by atoms with Crippen molar-refractivity contribution in [3.05, 3.63) is 65.4 Å². The van der Waals surface area contributed by atoms with Crippen molar-refractivity contribution in [2.75, 3.05) is 65.4 Å². The molecule has 1 aromatic carbocycles. The first kappa shape index (κ1) is 33.7. The number of likely N-dealkylation sites (N-methyl/N-ethyl adjacent to an activating group) is 1. The Hall–Kier alpha value is -4.78. The van der Waals surface area contributed by atoms with Crippen LogP contribution in [0.2, 0.25) is 0 Å². The number of nitrogens with one attached hydrogen (secondary N) is 1. The molecule has 4 aromatic rings. The van der Waals surface area contributed by atoms with Gasteiger partial charge >= 0.3 is 0 Å². The molecular formula is C37H47N9O4. The van der Waals surface area contributed by atoms with Crippen molar-refractivity contribution in [3.8, 4) is 11.5 Å². The molecule has 0 radical (unpaired) electrons. The number of carbonyl (C=O) groups excluding carboxylic acids is 2. The van der Waals surface area contributed by atoms with Gasteiger partial charge in [0, 0.05) is 44.3 Å². The third kappa shape index (κ3) is 6.12. The predicted octanol–water partition coefficient (Wildman–Crippen LogP) is 3.19. The number of anilines is 1. The first-order chi connectivity index (χ1) is 24.4. The molecule has 50 heavy (non-hydrogen) atoms. The zero-order valence-electron chi connectivity index (χ0n) is 29.5. The molecule has 2 fully saturated rings. The van der Waals surface area contributed by atoms with E-state index < -0.39 is 5.54 Å². The van der Waals surface area contributed by atoms with Crippen LogP contribution in [-0.4, -0.2) is 107 Å². The molecule has 13 nitrogen and oxygen atoms in total. The first-order valence-electron chi connectivity index (χ1n) is 17.7. The van der Waals surface area contributed by atoms with E-state index in [1.165, 1.54) is 5.56 Å². The van der Waals surface area contributed by atoms with Gasteiger partial charge in [-0.3, -0.25) is 14.6 Å². The highest BCUT2D eigenvalue weighted by Gasteiger charge is 2.48. The van der Waals surface area contributed by atoms with Crippen LogP contribution >= 0.6 is 0 Å². The first-order valence-corrected chi connectivity index (χ1v) is 17.7. The van der Waals surface area contributed by atoms with E-state index in [1.807, 2.05) is 34.0 Å². The van der Waals surface area contributed by atoms with Gasteiger partial charge in [-0.1, -0.05) is 13.0 Å². The standard InChI is InChI=1S/C37H47N9O4/c1-5-27-7-6-8-28(42-27)23-46-35-29(21-41-46)34(39-24-40-35)43-15-17-44(18-16-43)36(48)25-9-12-37(13-10-25)30-20-32(50-4)31(49-3)19-26(30)11-14-45(37)33(47)22-38-2/h6-8,19-21,24-25,38H,5,9-18,22-23H2,1-4H3. The number of ether oxygens (including phenoxy) is 2. The van der Waals surface area contributed by atoms with E-state index in [-0.39, 0.29) is 24.3 Å². The molecule has 0 bridgehead atoms. The lowest BCUT2D eigenvalue weighted by Crippen LogP contribution is -2.57. The Balaban J connectivity index is 1.03. The van der Waals surface area contributed by atoms with Gasteiger partial charge in [0.2, 0.25) is 11.8 Å². The summed E-state index contributed by atoms with van der Waals surface area (Å²) in [6.45, 7) is 6.17. The summed E-state index contributed by atoms with van der Waals surface area (Å²) in [6, 6.07) is 10.2. The molecule has 0 atom stereocenters. The summed E-state index contributed by atoms with van der Waals surface area (Å²) in [5.41, 5.74) is 4.60. The molecule has 1 N–H and O–H groups in total. The quantitative estimate of drug-likeness (QED) is 0.281. The van der Waals surface area contributed by atoms with Gasteiger partial charge in [0.25, 0.3) is 0 Å². The molecule has 264 valence electrons. The SMILES string of the molecule is CCc1cccc(Cn2ncc3c(N4CCN(C(=O)C5CCC6(CC5)c5cc(OC)c(OC)cc5CCN6C(=O)CNC)CC4)ncnc32)n1. The highest BCUT2D eigenvalue weighted by Crippen LogP contribution is 2.50. The molecule has 5 heterocycles. The van der Waals surface area contributed by atoms with Gasteiger partial charge in [-0.15, -0.1) is 0 Å². The van der Waals surface area contributed by atoms with Gasteiger partial charge < -0.3 is 29.5 Å². The van der Waals surface area contributed by atoms with Gasteiger partial charge in [-0.2, -0.15) is 5.10 Å². The maximum Gasteiger partial charge on any atom is 0.237 e. The summed E-state index contributed by atoms with van der Waals surface area (Å²) in [5, 5.41) is 8.59. The van der Waals surface area contributed by atoms with Crippen LogP contribution < -0.4 is 19.7 Å². The summed E-state index contributed by atoms with van der Waals surface area (Å²) >= 11 is 0. The summed E-state index contributed by atoms with van der Waals surface area (Å²) in [5.74, 6) is 2.42. The van der Waals surface area contributed by atoms with Crippen molar-refractivity contribution in [3.63, 3.8) is 0 Å². The van der Waals surface area contributed by atoms with Crippen LogP contribution in [0.3, 0.4) is 0 Å². The van der Waals surface area contributed by atoms with Crippen LogP contribution in [0.4, 0.5) is 5.82 Å². The molecule has 2 amide bonds. The number of fused-ring (bicyclic) bond motifs is 3. The zero-order chi connectivity index (χ0) is 34.8. The predicted molar refractivity (Wildman–Crippen MR) is 189 cm³/mol. The lowest BCUT2D eigenvalue weighted by molar-refractivity contribution is -0.143. The molecule has 13 heteroatoms. The lowest BCUT2D eigenvalue weighted by atomic mass is 9.68. The molecule has 7 rings (SSSR count). The Bertz CT molecular complexity index is 1860. The minimum absolute atomic E-state index is 0.0808. The highest BCUT2D eigenvalue weighted by atomic mass is 16.5. The Morgan fingerprint density at radius 2 is 1.72 bits per heavy atom. The van der Waals surface area contributed by atoms with E-state index in [9.17, 15) is 9.59 Å². The molecular weight excluding hydrogens is 634 g/mol. The smallest absolute Gasteiger partial charge is 0.237 e. The topological polar surface area (TPSA) is 131 Å². The van der Waals surface area contributed by atoms with Crippen LogP contribution in [0, 0.1) is 5.92 Å². The summed E-state index contributed by atoms with van der Waals surface area (Å²) in [6.07, 6.45) is 7.96. The molecule has 3 aliphatic rings. The number of hydrogen-bond donors (Lipinski definition) is 1. The van der Waals surface area contributed by atoms with Crippen molar-refractivity contribution >= 4 is 28.7 Å². The average Bonchev–Trinajstić information content (AvgIpc) is 3.57. The van der Waals surface area contributed by atoms with Crippen molar-refractivity contribution in [2.24, 2.45) is 5.92 Å². The van der Waals surface area contributed by atoms with Crippen LogP contribution in [0.25, 0.3) is 11.0 Å². The van der Waals surface area contributed by atoms with Crippen molar-refractivity contribution in [1.29, 1.82) is 0 Å². The molecule has 1 saturated heterocycles. The van der Waals surface area contributed by atoms with E-state index in [1.54, 1.807) is 27.6 Å². The van der Waals surface area contributed by atoms with E-state index in [0.29, 0.717) is 50.8 Å². The average molecular weight is 682 g/mol. The van der Waals surface area contributed by atoms with Crippen LogP contribution in [-0.2, 0) is 34.5 Å². The number of carbonyl (C=O) groups is 2. The van der Waals surface area contributed by atoms with Gasteiger partial charge in [0.05, 0.1) is 50.1 Å². The second-order valence-corrected chi connectivity index (χ2v) is 13.5. The summed E-state index contributed by atoms with van der Waals surface area (Å²) in [4.78, 5) is 47.7. The second kappa shape index (κ2) is 14.2. The Morgan fingerprint density at radius 1 is 0.980 bits per heavy atom. The Labute approximate surface area is 293 Å². The number of piperazine rings is 1. The fourth-order valence-electron chi connectivity index (χ4n) is 8.26. The maximum absolute atomic E-state index is 14.0. The fourth-order valence-corrected chi connectivity index (χ4v) is 8.26. The van der Waals surface area contributed by atoms with Crippen molar-refractivity contribution in [1.82, 2.24) is 39.8 Å².